The molecule has 0 spiro atoms. The molecule has 2 fully saturated rings. The number of benzene rings is 4. The topological polar surface area (TPSA) is 62.0 Å². The molecule has 2 aliphatic rings. The Kier molecular flexibility index (Phi) is 8.94. The Bertz CT molecular complexity index is 1520. The maximum absolute atomic E-state index is 5.85. The molecular weight excluding hydrogens is 552 g/mol. The van der Waals surface area contributed by atoms with Crippen LogP contribution in [-0.4, -0.2) is 44.7 Å². The fourth-order valence-corrected chi connectivity index (χ4v) is 5.22. The molecule has 0 saturated carbocycles. The third-order valence-electron chi connectivity index (χ3n) is 8.38. The van der Waals surface area contributed by atoms with Gasteiger partial charge in [0, 0.05) is 16.9 Å². The first-order valence-corrected chi connectivity index (χ1v) is 15.5. The van der Waals surface area contributed by atoms with Gasteiger partial charge in [-0.3, -0.25) is 0 Å². The SMILES string of the molecule is CC(C)OOc1ccc(C(C)c2ccc(C(C)(C)c3ccc(OCC4CO4)cc3)cc2)cc1-c1ccc(OCC2CO2)cc1. The molecule has 6 rings (SSSR count). The molecule has 0 amide bonds. The van der Waals surface area contributed by atoms with E-state index in [1.165, 1.54) is 22.3 Å². The molecule has 230 valence electrons. The zero-order valence-electron chi connectivity index (χ0n) is 26.2. The third-order valence-corrected chi connectivity index (χ3v) is 8.38. The first-order chi connectivity index (χ1) is 21.3. The molecule has 0 aromatic heterocycles. The van der Waals surface area contributed by atoms with Crippen LogP contribution in [0.3, 0.4) is 0 Å². The second-order valence-corrected chi connectivity index (χ2v) is 12.5. The minimum atomic E-state index is -0.149. The molecule has 4 aromatic carbocycles. The van der Waals surface area contributed by atoms with Crippen molar-refractivity contribution in [2.75, 3.05) is 26.4 Å². The van der Waals surface area contributed by atoms with Crippen molar-refractivity contribution in [3.63, 3.8) is 0 Å². The largest absolute Gasteiger partial charge is 0.491 e. The lowest BCUT2D eigenvalue weighted by molar-refractivity contribution is -0.234. The van der Waals surface area contributed by atoms with Crippen molar-refractivity contribution >= 4 is 0 Å². The van der Waals surface area contributed by atoms with Crippen LogP contribution in [0.4, 0.5) is 0 Å². The van der Waals surface area contributed by atoms with Gasteiger partial charge in [-0.25, -0.2) is 0 Å². The van der Waals surface area contributed by atoms with E-state index in [9.17, 15) is 0 Å². The van der Waals surface area contributed by atoms with Gasteiger partial charge in [0.2, 0.25) is 0 Å². The normalized spacial score (nSPS) is 18.1. The second-order valence-electron chi connectivity index (χ2n) is 12.5. The summed E-state index contributed by atoms with van der Waals surface area (Å²) in [7, 11) is 0. The number of rotatable bonds is 14. The van der Waals surface area contributed by atoms with Gasteiger partial charge in [0.15, 0.2) is 5.75 Å². The first-order valence-electron chi connectivity index (χ1n) is 15.5. The molecule has 0 radical (unpaired) electrons. The smallest absolute Gasteiger partial charge is 0.173 e. The number of epoxide rings is 2. The molecule has 0 N–H and O–H groups in total. The van der Waals surface area contributed by atoms with Gasteiger partial charge in [-0.1, -0.05) is 75.4 Å². The summed E-state index contributed by atoms with van der Waals surface area (Å²) >= 11 is 0. The molecular formula is C38H42O6. The molecule has 6 heteroatoms. The monoisotopic (exact) mass is 594 g/mol. The van der Waals surface area contributed by atoms with Gasteiger partial charge < -0.3 is 23.8 Å². The maximum atomic E-state index is 5.85. The van der Waals surface area contributed by atoms with Crippen LogP contribution in [0, 0.1) is 0 Å². The van der Waals surface area contributed by atoms with E-state index >= 15 is 0 Å². The molecule has 2 aliphatic heterocycles. The quantitative estimate of drug-likeness (QED) is 0.0835. The van der Waals surface area contributed by atoms with Crippen molar-refractivity contribution in [2.24, 2.45) is 0 Å². The Balaban J connectivity index is 1.19. The lowest BCUT2D eigenvalue weighted by atomic mass is 9.77. The van der Waals surface area contributed by atoms with Crippen LogP contribution >= 0.6 is 0 Å². The van der Waals surface area contributed by atoms with Gasteiger partial charge in [-0.2, -0.15) is 4.89 Å². The van der Waals surface area contributed by atoms with Crippen LogP contribution < -0.4 is 14.4 Å². The summed E-state index contributed by atoms with van der Waals surface area (Å²) in [5.74, 6) is 2.57. The Morgan fingerprint density at radius 2 is 1.18 bits per heavy atom. The fourth-order valence-electron chi connectivity index (χ4n) is 5.22. The fraction of sp³-hybridized carbons (Fsp3) is 0.368. The summed E-state index contributed by atoms with van der Waals surface area (Å²) in [6.45, 7) is 13.4. The van der Waals surface area contributed by atoms with Crippen molar-refractivity contribution in [2.45, 2.75) is 64.3 Å². The zero-order valence-corrected chi connectivity index (χ0v) is 26.2. The number of hydrogen-bond acceptors (Lipinski definition) is 6. The Labute approximate surface area is 260 Å². The molecule has 2 heterocycles. The van der Waals surface area contributed by atoms with Crippen LogP contribution in [0.15, 0.2) is 91.0 Å². The Morgan fingerprint density at radius 1 is 0.682 bits per heavy atom. The van der Waals surface area contributed by atoms with Gasteiger partial charge >= 0.3 is 0 Å². The summed E-state index contributed by atoms with van der Waals surface area (Å²) in [5, 5.41) is 0. The van der Waals surface area contributed by atoms with Gasteiger partial charge in [0.05, 0.1) is 19.3 Å². The lowest BCUT2D eigenvalue weighted by Crippen LogP contribution is -2.19. The summed E-state index contributed by atoms with van der Waals surface area (Å²) in [6, 6.07) is 31.9. The highest BCUT2D eigenvalue weighted by molar-refractivity contribution is 5.72. The average Bonchev–Trinajstić information content (AvgIpc) is 3.98. The van der Waals surface area contributed by atoms with Gasteiger partial charge in [0.1, 0.15) is 36.9 Å². The standard InChI is InChI=1S/C38H42O6/c1-25(2)43-44-37-19-10-29(20-36(37)28-8-15-32(16-9-28)39-21-34-23-41-34)26(3)27-6-11-30(12-7-27)38(4,5)31-13-17-33(18-14-31)40-22-35-24-42-35/h6-20,25-26,34-35H,21-24H2,1-5H3. The van der Waals surface area contributed by atoms with E-state index in [0.717, 1.165) is 35.8 Å². The first kappa shape index (κ1) is 30.2. The predicted octanol–water partition coefficient (Wildman–Crippen LogP) is 8.11. The summed E-state index contributed by atoms with van der Waals surface area (Å²) < 4.78 is 22.2. The predicted molar refractivity (Wildman–Crippen MR) is 172 cm³/mol. The van der Waals surface area contributed by atoms with Gasteiger partial charge in [-0.05, 0) is 78.1 Å². The molecule has 6 nitrogen and oxygen atoms in total. The van der Waals surface area contributed by atoms with Crippen molar-refractivity contribution in [3.05, 3.63) is 113 Å². The Morgan fingerprint density at radius 3 is 1.70 bits per heavy atom. The number of hydrogen-bond donors (Lipinski definition) is 0. The van der Waals surface area contributed by atoms with E-state index < -0.39 is 0 Å². The molecule has 2 saturated heterocycles. The van der Waals surface area contributed by atoms with Crippen molar-refractivity contribution in [1.82, 2.24) is 0 Å². The van der Waals surface area contributed by atoms with E-state index in [4.69, 9.17) is 28.7 Å². The summed E-state index contributed by atoms with van der Waals surface area (Å²) in [5.41, 5.74) is 6.81. The Hall–Kier alpha value is -3.84. The molecule has 3 unspecified atom stereocenters. The van der Waals surface area contributed by atoms with Gasteiger partial charge in [-0.15, -0.1) is 0 Å². The minimum Gasteiger partial charge on any atom is -0.491 e. The second kappa shape index (κ2) is 13.0. The van der Waals surface area contributed by atoms with E-state index in [0.29, 0.717) is 19.0 Å². The van der Waals surface area contributed by atoms with Crippen molar-refractivity contribution in [1.29, 1.82) is 0 Å². The van der Waals surface area contributed by atoms with Crippen molar-refractivity contribution < 1.29 is 28.7 Å². The summed E-state index contributed by atoms with van der Waals surface area (Å²) in [6.07, 6.45) is 0.418. The summed E-state index contributed by atoms with van der Waals surface area (Å²) in [4.78, 5) is 11.3. The average molecular weight is 595 g/mol. The van der Waals surface area contributed by atoms with Crippen molar-refractivity contribution in [3.8, 4) is 28.4 Å². The van der Waals surface area contributed by atoms with E-state index in [1.54, 1.807) is 0 Å². The third kappa shape index (κ3) is 7.44. The van der Waals surface area contributed by atoms with E-state index in [-0.39, 0.29) is 29.6 Å². The van der Waals surface area contributed by atoms with Crippen LogP contribution in [-0.2, 0) is 19.8 Å². The molecule has 4 aromatic rings. The van der Waals surface area contributed by atoms with Crippen LogP contribution in [0.1, 0.15) is 62.8 Å². The highest BCUT2D eigenvalue weighted by atomic mass is 17.2. The zero-order chi connectivity index (χ0) is 30.7. The highest BCUT2D eigenvalue weighted by Gasteiger charge is 2.26. The maximum Gasteiger partial charge on any atom is 0.173 e. The van der Waals surface area contributed by atoms with Gasteiger partial charge in [0.25, 0.3) is 0 Å². The highest BCUT2D eigenvalue weighted by Crippen LogP contribution is 2.38. The van der Waals surface area contributed by atoms with Crippen LogP contribution in [0.5, 0.6) is 17.2 Å². The molecule has 0 bridgehead atoms. The lowest BCUT2D eigenvalue weighted by Gasteiger charge is -2.27. The van der Waals surface area contributed by atoms with E-state index in [1.807, 2.05) is 32.0 Å². The van der Waals surface area contributed by atoms with Crippen LogP contribution in [0.2, 0.25) is 0 Å². The van der Waals surface area contributed by atoms with E-state index in [2.05, 4.69) is 93.6 Å². The number of ether oxygens (including phenoxy) is 4. The minimum absolute atomic E-state index is 0.0571. The molecule has 0 aliphatic carbocycles. The molecule has 3 atom stereocenters. The van der Waals surface area contributed by atoms with Crippen LogP contribution in [0.25, 0.3) is 11.1 Å². The molecule has 44 heavy (non-hydrogen) atoms.